The van der Waals surface area contributed by atoms with Crippen molar-refractivity contribution in [2.45, 2.75) is 45.2 Å². The van der Waals surface area contributed by atoms with E-state index in [2.05, 4.69) is 15.3 Å². The number of pyridine rings is 2. The predicted octanol–water partition coefficient (Wildman–Crippen LogP) is 2.68. The first-order valence-electron chi connectivity index (χ1n) is 10.9. The van der Waals surface area contributed by atoms with Crippen molar-refractivity contribution >= 4 is 23.4 Å². The molecule has 2 aliphatic rings. The van der Waals surface area contributed by atoms with Crippen molar-refractivity contribution in [3.05, 3.63) is 51.9 Å². The minimum absolute atomic E-state index is 0.0209. The fourth-order valence-corrected chi connectivity index (χ4v) is 3.96. The second-order valence-electron chi connectivity index (χ2n) is 8.31. The van der Waals surface area contributed by atoms with Crippen molar-refractivity contribution < 1.29 is 19.4 Å². The zero-order chi connectivity index (χ0) is 22.7. The molecule has 9 heteroatoms. The number of aliphatic hydroxyl groups is 1. The average molecular weight is 459 g/mol. The standard InChI is InChI=1S/C23H27ClN4O4/c1-14(16-9-19(24)22(27-11-16)32-13-15-3-4-15)28-12-18-17(23(28)31)5-7-25-20(18)10-21(30)26-6-2-8-29/h5,7,9,11,14-15,29H,2-4,6,8,10,12-13H2,1H3,(H,26,30). The molecule has 0 saturated heterocycles. The number of nitrogens with one attached hydrogen (secondary N) is 1. The van der Waals surface area contributed by atoms with Gasteiger partial charge in [-0.25, -0.2) is 4.98 Å². The van der Waals surface area contributed by atoms with Crippen molar-refractivity contribution in [2.75, 3.05) is 19.8 Å². The summed E-state index contributed by atoms with van der Waals surface area (Å²) in [5.74, 6) is 0.731. The van der Waals surface area contributed by atoms with E-state index in [4.69, 9.17) is 21.4 Å². The molecule has 32 heavy (non-hydrogen) atoms. The SMILES string of the molecule is CC(c1cnc(OCC2CC2)c(Cl)c1)N1Cc2c(ccnc2CC(=O)NCCCO)C1=O. The van der Waals surface area contributed by atoms with Crippen LogP contribution in [0.1, 0.15) is 59.4 Å². The number of hydrogen-bond acceptors (Lipinski definition) is 6. The zero-order valence-electron chi connectivity index (χ0n) is 18.0. The van der Waals surface area contributed by atoms with Gasteiger partial charge in [0.15, 0.2) is 0 Å². The third-order valence-electron chi connectivity index (χ3n) is 5.88. The topological polar surface area (TPSA) is 105 Å². The van der Waals surface area contributed by atoms with Crippen LogP contribution in [0, 0.1) is 5.92 Å². The van der Waals surface area contributed by atoms with Crippen LogP contribution in [0.25, 0.3) is 0 Å². The second-order valence-corrected chi connectivity index (χ2v) is 8.71. The lowest BCUT2D eigenvalue weighted by molar-refractivity contribution is -0.120. The van der Waals surface area contributed by atoms with Gasteiger partial charge in [-0.05, 0) is 49.8 Å². The average Bonchev–Trinajstić information content (AvgIpc) is 3.55. The van der Waals surface area contributed by atoms with E-state index in [1.807, 2.05) is 6.92 Å². The van der Waals surface area contributed by atoms with Crippen molar-refractivity contribution in [1.29, 1.82) is 0 Å². The summed E-state index contributed by atoms with van der Waals surface area (Å²) < 4.78 is 5.70. The molecule has 1 atom stereocenters. The number of nitrogens with zero attached hydrogens (tertiary/aromatic N) is 3. The molecule has 1 aliphatic carbocycles. The molecule has 1 saturated carbocycles. The van der Waals surface area contributed by atoms with E-state index < -0.39 is 0 Å². The number of carbonyl (C=O) groups excluding carboxylic acids is 2. The Bertz CT molecular complexity index is 1010. The Hall–Kier alpha value is -2.71. The Kier molecular flexibility index (Phi) is 6.91. The molecule has 2 amide bonds. The van der Waals surface area contributed by atoms with Gasteiger partial charge in [-0.15, -0.1) is 0 Å². The van der Waals surface area contributed by atoms with Crippen LogP contribution in [-0.2, 0) is 17.8 Å². The molecule has 4 rings (SSSR count). The smallest absolute Gasteiger partial charge is 0.255 e. The molecule has 170 valence electrons. The van der Waals surface area contributed by atoms with Gasteiger partial charge in [-0.2, -0.15) is 0 Å². The highest BCUT2D eigenvalue weighted by Gasteiger charge is 2.34. The van der Waals surface area contributed by atoms with Crippen LogP contribution >= 0.6 is 11.6 Å². The predicted molar refractivity (Wildman–Crippen MR) is 118 cm³/mol. The second kappa shape index (κ2) is 9.83. The number of hydrogen-bond donors (Lipinski definition) is 2. The molecule has 1 fully saturated rings. The Morgan fingerprint density at radius 1 is 1.41 bits per heavy atom. The Morgan fingerprint density at radius 3 is 2.94 bits per heavy atom. The summed E-state index contributed by atoms with van der Waals surface area (Å²) in [6.45, 7) is 3.34. The van der Waals surface area contributed by atoms with Crippen LogP contribution in [0.5, 0.6) is 5.88 Å². The molecule has 0 bridgehead atoms. The lowest BCUT2D eigenvalue weighted by Gasteiger charge is -2.25. The van der Waals surface area contributed by atoms with Crippen LogP contribution in [0.2, 0.25) is 5.02 Å². The molecule has 2 N–H and O–H groups in total. The van der Waals surface area contributed by atoms with E-state index in [9.17, 15) is 9.59 Å². The molecule has 0 radical (unpaired) electrons. The highest BCUT2D eigenvalue weighted by atomic mass is 35.5. The number of carbonyl (C=O) groups is 2. The summed E-state index contributed by atoms with van der Waals surface area (Å²) in [6, 6.07) is 3.23. The van der Waals surface area contributed by atoms with E-state index in [1.54, 1.807) is 29.4 Å². The summed E-state index contributed by atoms with van der Waals surface area (Å²) >= 11 is 6.38. The van der Waals surface area contributed by atoms with Crippen LogP contribution in [0.15, 0.2) is 24.5 Å². The maximum Gasteiger partial charge on any atom is 0.255 e. The minimum atomic E-state index is -0.261. The number of fused-ring (bicyclic) bond motifs is 1. The molecule has 8 nitrogen and oxygen atoms in total. The van der Waals surface area contributed by atoms with E-state index in [0.717, 1.165) is 11.1 Å². The molecule has 2 aromatic rings. The summed E-state index contributed by atoms with van der Waals surface area (Å²) in [5.41, 5.74) is 2.73. The Morgan fingerprint density at radius 2 is 2.22 bits per heavy atom. The number of halogens is 1. The van der Waals surface area contributed by atoms with Gasteiger partial charge >= 0.3 is 0 Å². The summed E-state index contributed by atoms with van der Waals surface area (Å²) in [5, 5.41) is 12.0. The van der Waals surface area contributed by atoms with Crippen LogP contribution in [0.4, 0.5) is 0 Å². The number of aromatic nitrogens is 2. The van der Waals surface area contributed by atoms with Crippen molar-refractivity contribution in [2.24, 2.45) is 5.92 Å². The van der Waals surface area contributed by atoms with Gasteiger partial charge < -0.3 is 20.1 Å². The van der Waals surface area contributed by atoms with Crippen LogP contribution in [-0.4, -0.2) is 51.5 Å². The normalized spacial score (nSPS) is 16.1. The largest absolute Gasteiger partial charge is 0.476 e. The van der Waals surface area contributed by atoms with Gasteiger partial charge in [0.2, 0.25) is 11.8 Å². The lowest BCUT2D eigenvalue weighted by Crippen LogP contribution is -2.28. The number of ether oxygens (including phenoxy) is 1. The molecule has 1 aliphatic heterocycles. The monoisotopic (exact) mass is 458 g/mol. The summed E-state index contributed by atoms with van der Waals surface area (Å²) in [6.07, 6.45) is 6.22. The quantitative estimate of drug-likeness (QED) is 0.530. The van der Waals surface area contributed by atoms with E-state index in [1.165, 1.54) is 12.8 Å². The van der Waals surface area contributed by atoms with Gasteiger partial charge in [-0.1, -0.05) is 11.6 Å². The molecule has 3 heterocycles. The molecule has 2 aromatic heterocycles. The first-order valence-corrected chi connectivity index (χ1v) is 11.3. The van der Waals surface area contributed by atoms with Gasteiger partial charge in [-0.3, -0.25) is 14.6 Å². The fourth-order valence-electron chi connectivity index (χ4n) is 3.73. The number of aliphatic hydroxyl groups excluding tert-OH is 1. The number of rotatable bonds is 10. The van der Waals surface area contributed by atoms with Crippen molar-refractivity contribution in [3.63, 3.8) is 0 Å². The molecular weight excluding hydrogens is 432 g/mol. The first-order chi connectivity index (χ1) is 15.5. The van der Waals surface area contributed by atoms with E-state index in [-0.39, 0.29) is 30.9 Å². The van der Waals surface area contributed by atoms with Gasteiger partial charge in [0, 0.05) is 43.2 Å². The molecule has 0 spiro atoms. The van der Waals surface area contributed by atoms with Gasteiger partial charge in [0.25, 0.3) is 5.91 Å². The van der Waals surface area contributed by atoms with Gasteiger partial charge in [0.05, 0.1) is 24.8 Å². The van der Waals surface area contributed by atoms with Crippen LogP contribution in [0.3, 0.4) is 0 Å². The highest BCUT2D eigenvalue weighted by molar-refractivity contribution is 6.31. The molecule has 0 aromatic carbocycles. The summed E-state index contributed by atoms with van der Waals surface area (Å²) in [4.78, 5) is 35.7. The summed E-state index contributed by atoms with van der Waals surface area (Å²) in [7, 11) is 0. The maximum atomic E-state index is 13.1. The number of amides is 2. The Balaban J connectivity index is 1.45. The lowest BCUT2D eigenvalue weighted by atomic mass is 10.1. The molecule has 1 unspecified atom stereocenters. The third-order valence-corrected chi connectivity index (χ3v) is 6.15. The first kappa shape index (κ1) is 22.5. The van der Waals surface area contributed by atoms with E-state index in [0.29, 0.717) is 54.2 Å². The minimum Gasteiger partial charge on any atom is -0.476 e. The Labute approximate surface area is 192 Å². The van der Waals surface area contributed by atoms with E-state index >= 15 is 0 Å². The third kappa shape index (κ3) is 5.02. The zero-order valence-corrected chi connectivity index (χ0v) is 18.8. The maximum absolute atomic E-state index is 13.1. The van der Waals surface area contributed by atoms with Crippen LogP contribution < -0.4 is 10.1 Å². The molecular formula is C23H27ClN4O4. The van der Waals surface area contributed by atoms with Crippen molar-refractivity contribution in [1.82, 2.24) is 20.2 Å². The van der Waals surface area contributed by atoms with Crippen molar-refractivity contribution in [3.8, 4) is 5.88 Å². The van der Waals surface area contributed by atoms with Gasteiger partial charge in [0.1, 0.15) is 5.02 Å². The highest BCUT2D eigenvalue weighted by Crippen LogP contribution is 2.35. The fraction of sp³-hybridized carbons (Fsp3) is 0.478.